The zero-order valence-corrected chi connectivity index (χ0v) is 14.1. The average molecular weight is 316 g/mol. The van der Waals surface area contributed by atoms with E-state index in [-0.39, 0.29) is 0 Å². The fraction of sp³-hybridized carbons (Fsp3) is 0.667. The van der Waals surface area contributed by atoms with Crippen molar-refractivity contribution in [3.63, 3.8) is 0 Å². The number of nitrogens with one attached hydrogen (secondary N) is 2. The maximum Gasteiger partial charge on any atom is 0.213 e. The third-order valence-corrected chi connectivity index (χ3v) is 4.58. The molecule has 23 heavy (non-hydrogen) atoms. The number of aromatic nitrogens is 1. The average Bonchev–Trinajstić information content (AvgIpc) is 3.41. The highest BCUT2D eigenvalue weighted by Gasteiger charge is 2.21. The molecule has 0 aromatic carbocycles. The van der Waals surface area contributed by atoms with Crippen LogP contribution in [0.2, 0.25) is 0 Å². The van der Waals surface area contributed by atoms with Crippen molar-refractivity contribution < 1.29 is 4.74 Å². The molecule has 3 rings (SSSR count). The van der Waals surface area contributed by atoms with Crippen molar-refractivity contribution in [1.29, 1.82) is 0 Å². The van der Waals surface area contributed by atoms with E-state index in [1.165, 1.54) is 37.7 Å². The standard InChI is InChI=1S/C18H28N4O/c1-19-18(21-12-14-7-8-14)22-13-15-9-10-20-17(11-15)23-16-5-3-2-4-6-16/h9-11,14,16H,2-8,12-13H2,1H3,(H2,19,21,22). The van der Waals surface area contributed by atoms with Crippen molar-refractivity contribution in [2.45, 2.75) is 57.6 Å². The predicted octanol–water partition coefficient (Wildman–Crippen LogP) is 2.87. The summed E-state index contributed by atoms with van der Waals surface area (Å²) in [6.07, 6.45) is 11.0. The maximum atomic E-state index is 6.03. The zero-order valence-electron chi connectivity index (χ0n) is 14.1. The number of guanidine groups is 1. The number of pyridine rings is 1. The minimum Gasteiger partial charge on any atom is -0.474 e. The molecule has 2 aliphatic rings. The summed E-state index contributed by atoms with van der Waals surface area (Å²) in [5, 5.41) is 6.73. The second-order valence-electron chi connectivity index (χ2n) is 6.63. The summed E-state index contributed by atoms with van der Waals surface area (Å²) in [4.78, 5) is 8.62. The highest BCUT2D eigenvalue weighted by atomic mass is 16.5. The molecule has 0 atom stereocenters. The van der Waals surface area contributed by atoms with Gasteiger partial charge in [-0.1, -0.05) is 6.42 Å². The van der Waals surface area contributed by atoms with Crippen LogP contribution in [0, 0.1) is 5.92 Å². The third kappa shape index (κ3) is 5.41. The van der Waals surface area contributed by atoms with E-state index in [1.807, 2.05) is 25.4 Å². The van der Waals surface area contributed by atoms with Crippen LogP contribution in [0.4, 0.5) is 0 Å². The van der Waals surface area contributed by atoms with Gasteiger partial charge in [0.05, 0.1) is 0 Å². The molecule has 0 radical (unpaired) electrons. The van der Waals surface area contributed by atoms with Gasteiger partial charge >= 0.3 is 0 Å². The molecule has 0 saturated heterocycles. The van der Waals surface area contributed by atoms with Crippen LogP contribution in [0.15, 0.2) is 23.3 Å². The lowest BCUT2D eigenvalue weighted by atomic mass is 9.98. The number of rotatable bonds is 6. The van der Waals surface area contributed by atoms with Gasteiger partial charge in [0.15, 0.2) is 5.96 Å². The van der Waals surface area contributed by atoms with Crippen LogP contribution in [0.3, 0.4) is 0 Å². The number of hydrogen-bond acceptors (Lipinski definition) is 3. The van der Waals surface area contributed by atoms with Crippen LogP contribution in [0.1, 0.15) is 50.5 Å². The van der Waals surface area contributed by atoms with Crippen molar-refractivity contribution in [1.82, 2.24) is 15.6 Å². The van der Waals surface area contributed by atoms with E-state index in [1.54, 1.807) is 0 Å². The quantitative estimate of drug-likeness (QED) is 0.626. The Balaban J connectivity index is 1.47. The van der Waals surface area contributed by atoms with Crippen molar-refractivity contribution in [3.8, 4) is 5.88 Å². The van der Waals surface area contributed by atoms with Crippen LogP contribution >= 0.6 is 0 Å². The fourth-order valence-electron chi connectivity index (χ4n) is 2.95. The van der Waals surface area contributed by atoms with Crippen LogP contribution in [0.5, 0.6) is 5.88 Å². The molecule has 5 heteroatoms. The molecule has 1 aromatic rings. The summed E-state index contributed by atoms with van der Waals surface area (Å²) in [6.45, 7) is 1.75. The molecule has 126 valence electrons. The van der Waals surface area contributed by atoms with Crippen molar-refractivity contribution in [2.75, 3.05) is 13.6 Å². The van der Waals surface area contributed by atoms with Gasteiger partial charge in [0.25, 0.3) is 0 Å². The molecule has 0 amide bonds. The summed E-state index contributed by atoms with van der Waals surface area (Å²) >= 11 is 0. The maximum absolute atomic E-state index is 6.03. The lowest BCUT2D eigenvalue weighted by Crippen LogP contribution is -2.37. The summed E-state index contributed by atoms with van der Waals surface area (Å²) in [6, 6.07) is 4.06. The molecular formula is C18H28N4O. The first kappa shape index (κ1) is 16.1. The van der Waals surface area contributed by atoms with Gasteiger partial charge in [-0.15, -0.1) is 0 Å². The zero-order chi connectivity index (χ0) is 15.9. The highest BCUT2D eigenvalue weighted by molar-refractivity contribution is 5.79. The Hall–Kier alpha value is -1.78. The first-order valence-electron chi connectivity index (χ1n) is 8.89. The second kappa shape index (κ2) is 8.18. The Kier molecular flexibility index (Phi) is 5.72. The number of nitrogens with zero attached hydrogens (tertiary/aromatic N) is 2. The second-order valence-corrected chi connectivity index (χ2v) is 6.63. The van der Waals surface area contributed by atoms with E-state index in [4.69, 9.17) is 4.74 Å². The molecule has 2 N–H and O–H groups in total. The summed E-state index contributed by atoms with van der Waals surface area (Å²) in [5.74, 6) is 2.45. The van der Waals surface area contributed by atoms with Crippen molar-refractivity contribution in [2.24, 2.45) is 10.9 Å². The van der Waals surface area contributed by atoms with Gasteiger partial charge in [0.2, 0.25) is 5.88 Å². The largest absolute Gasteiger partial charge is 0.474 e. The Morgan fingerprint density at radius 3 is 2.78 bits per heavy atom. The first-order chi connectivity index (χ1) is 11.3. The van der Waals surface area contributed by atoms with Gasteiger partial charge in [0, 0.05) is 32.4 Å². The SMILES string of the molecule is CN=C(NCc1ccnc(OC2CCCCC2)c1)NCC1CC1. The molecule has 0 aliphatic heterocycles. The lowest BCUT2D eigenvalue weighted by Gasteiger charge is -2.22. The van der Waals surface area contributed by atoms with Crippen LogP contribution in [-0.2, 0) is 6.54 Å². The summed E-state index contributed by atoms with van der Waals surface area (Å²) in [5.41, 5.74) is 1.17. The third-order valence-electron chi connectivity index (χ3n) is 4.58. The van der Waals surface area contributed by atoms with E-state index in [9.17, 15) is 0 Å². The molecular weight excluding hydrogens is 288 g/mol. The normalized spacial score (nSPS) is 19.4. The van der Waals surface area contributed by atoms with Crippen LogP contribution in [-0.4, -0.2) is 30.6 Å². The number of ether oxygens (including phenoxy) is 1. The van der Waals surface area contributed by atoms with E-state index in [2.05, 4.69) is 20.6 Å². The monoisotopic (exact) mass is 316 g/mol. The lowest BCUT2D eigenvalue weighted by molar-refractivity contribution is 0.148. The van der Waals surface area contributed by atoms with Crippen LogP contribution in [0.25, 0.3) is 0 Å². The van der Waals surface area contributed by atoms with E-state index in [0.29, 0.717) is 6.10 Å². The molecule has 2 fully saturated rings. The Labute approximate surface area is 138 Å². The van der Waals surface area contributed by atoms with Gasteiger partial charge < -0.3 is 15.4 Å². The van der Waals surface area contributed by atoms with Gasteiger partial charge in [-0.3, -0.25) is 4.99 Å². The first-order valence-corrected chi connectivity index (χ1v) is 8.89. The summed E-state index contributed by atoms with van der Waals surface area (Å²) < 4.78 is 6.03. The van der Waals surface area contributed by atoms with E-state index < -0.39 is 0 Å². The molecule has 5 nitrogen and oxygen atoms in total. The molecule has 1 aromatic heterocycles. The number of aliphatic imine (C=N–C) groups is 1. The predicted molar refractivity (Wildman–Crippen MR) is 92.7 cm³/mol. The van der Waals surface area contributed by atoms with Gasteiger partial charge in [-0.25, -0.2) is 4.98 Å². The Bertz CT molecular complexity index is 522. The van der Waals surface area contributed by atoms with E-state index in [0.717, 1.165) is 43.7 Å². The van der Waals surface area contributed by atoms with Gasteiger partial charge in [-0.2, -0.15) is 0 Å². The molecule has 0 unspecified atom stereocenters. The van der Waals surface area contributed by atoms with Gasteiger partial charge in [0.1, 0.15) is 6.10 Å². The van der Waals surface area contributed by atoms with Crippen molar-refractivity contribution in [3.05, 3.63) is 23.9 Å². The summed E-state index contributed by atoms with van der Waals surface area (Å²) in [7, 11) is 1.81. The molecule has 1 heterocycles. The molecule has 2 aliphatic carbocycles. The molecule has 2 saturated carbocycles. The van der Waals surface area contributed by atoms with Crippen LogP contribution < -0.4 is 15.4 Å². The molecule has 0 bridgehead atoms. The Morgan fingerprint density at radius 1 is 1.22 bits per heavy atom. The number of hydrogen-bond donors (Lipinski definition) is 2. The fourth-order valence-corrected chi connectivity index (χ4v) is 2.95. The van der Waals surface area contributed by atoms with Gasteiger partial charge in [-0.05, 0) is 56.1 Å². The van der Waals surface area contributed by atoms with E-state index >= 15 is 0 Å². The topological polar surface area (TPSA) is 58.5 Å². The minimum atomic E-state index is 0.340. The highest BCUT2D eigenvalue weighted by Crippen LogP contribution is 2.27. The Morgan fingerprint density at radius 2 is 2.04 bits per heavy atom. The molecule has 0 spiro atoms. The minimum absolute atomic E-state index is 0.340. The smallest absolute Gasteiger partial charge is 0.213 e. The van der Waals surface area contributed by atoms with Crippen molar-refractivity contribution >= 4 is 5.96 Å².